The predicted molar refractivity (Wildman–Crippen MR) is 86.8 cm³/mol. The molecule has 0 aliphatic rings. The van der Waals surface area contributed by atoms with Crippen molar-refractivity contribution in [1.29, 1.82) is 0 Å². The van der Waals surface area contributed by atoms with Gasteiger partial charge >= 0.3 is 0 Å². The van der Waals surface area contributed by atoms with Crippen molar-refractivity contribution in [1.82, 2.24) is 9.78 Å². The van der Waals surface area contributed by atoms with Crippen molar-refractivity contribution in [3.8, 4) is 0 Å². The van der Waals surface area contributed by atoms with Crippen LogP contribution < -0.4 is 5.32 Å². The molecule has 2 aromatic rings. The van der Waals surface area contributed by atoms with Crippen LogP contribution in [0.5, 0.6) is 0 Å². The molecule has 1 aromatic carbocycles. The third-order valence-electron chi connectivity index (χ3n) is 2.83. The van der Waals surface area contributed by atoms with Gasteiger partial charge in [-0.15, -0.1) is 0 Å². The number of anilines is 1. The third-order valence-corrected chi connectivity index (χ3v) is 4.47. The molecular weight excluding hydrogens is 393 g/mol. The number of hydrogen-bond donors (Lipinski definition) is 1. The zero-order valence-corrected chi connectivity index (χ0v) is 14.6. The minimum absolute atomic E-state index is 0.647. The lowest BCUT2D eigenvalue weighted by atomic mass is 10.3. The van der Waals surface area contributed by atoms with Crippen LogP contribution in [0.25, 0.3) is 0 Å². The number of nitrogens with one attached hydrogen (secondary N) is 1. The van der Waals surface area contributed by atoms with Crippen molar-refractivity contribution in [2.24, 2.45) is 0 Å². The van der Waals surface area contributed by atoms with E-state index in [0.717, 1.165) is 37.6 Å². The van der Waals surface area contributed by atoms with Gasteiger partial charge in [-0.25, -0.2) is 0 Å². The normalized spacial score (nSPS) is 10.8. The van der Waals surface area contributed by atoms with Gasteiger partial charge in [0.1, 0.15) is 0 Å². The molecule has 0 aliphatic heterocycles. The van der Waals surface area contributed by atoms with E-state index in [4.69, 9.17) is 11.6 Å². The van der Waals surface area contributed by atoms with Gasteiger partial charge in [-0.3, -0.25) is 4.68 Å². The van der Waals surface area contributed by atoms with Crippen molar-refractivity contribution in [3.05, 3.63) is 43.6 Å². The summed E-state index contributed by atoms with van der Waals surface area (Å²) in [5.74, 6) is 0. The summed E-state index contributed by atoms with van der Waals surface area (Å²) < 4.78 is 3.98. The van der Waals surface area contributed by atoms with Crippen LogP contribution in [0, 0.1) is 6.92 Å². The number of hydrogen-bond acceptors (Lipinski definition) is 2. The zero-order valence-electron chi connectivity index (χ0n) is 10.7. The monoisotopic (exact) mass is 405 g/mol. The minimum Gasteiger partial charge on any atom is -0.378 e. The molecule has 1 aromatic heterocycles. The van der Waals surface area contributed by atoms with E-state index in [2.05, 4.69) is 49.2 Å². The molecule has 2 rings (SSSR count). The van der Waals surface area contributed by atoms with Gasteiger partial charge in [0.15, 0.2) is 0 Å². The Hall–Kier alpha value is -0.520. The molecule has 102 valence electrons. The van der Waals surface area contributed by atoms with Crippen LogP contribution in [0.1, 0.15) is 18.3 Å². The quantitative estimate of drug-likeness (QED) is 0.773. The summed E-state index contributed by atoms with van der Waals surface area (Å²) >= 11 is 13.3. The SMILES string of the molecule is CCn1nc(C)c(Cl)c1CNc1ccc(Br)cc1Br. The van der Waals surface area contributed by atoms with E-state index in [1.165, 1.54) is 0 Å². The van der Waals surface area contributed by atoms with Crippen LogP contribution in [0.3, 0.4) is 0 Å². The number of benzene rings is 1. The highest BCUT2D eigenvalue weighted by molar-refractivity contribution is 9.11. The molecular formula is C13H14Br2ClN3. The molecule has 19 heavy (non-hydrogen) atoms. The fourth-order valence-electron chi connectivity index (χ4n) is 1.85. The third kappa shape index (κ3) is 3.33. The van der Waals surface area contributed by atoms with Crippen molar-refractivity contribution < 1.29 is 0 Å². The first-order valence-corrected chi connectivity index (χ1v) is 7.90. The van der Waals surface area contributed by atoms with Gasteiger partial charge in [0.2, 0.25) is 0 Å². The number of rotatable bonds is 4. The summed E-state index contributed by atoms with van der Waals surface area (Å²) in [6, 6.07) is 6.02. The lowest BCUT2D eigenvalue weighted by molar-refractivity contribution is 0.623. The van der Waals surface area contributed by atoms with Crippen LogP contribution in [-0.4, -0.2) is 9.78 Å². The minimum atomic E-state index is 0.647. The van der Waals surface area contributed by atoms with Crippen molar-refractivity contribution in [2.45, 2.75) is 26.9 Å². The smallest absolute Gasteiger partial charge is 0.0865 e. The average Bonchev–Trinajstić information content (AvgIpc) is 2.65. The molecule has 1 heterocycles. The molecule has 0 saturated carbocycles. The van der Waals surface area contributed by atoms with E-state index in [9.17, 15) is 0 Å². The first-order chi connectivity index (χ1) is 9.02. The van der Waals surface area contributed by atoms with Gasteiger partial charge in [-0.05, 0) is 48.0 Å². The Balaban J connectivity index is 2.18. The average molecular weight is 408 g/mol. The predicted octanol–water partition coefficient (Wildman–Crippen LogP) is 5.00. The van der Waals surface area contributed by atoms with Crippen LogP contribution in [0.2, 0.25) is 5.02 Å². The molecule has 0 saturated heterocycles. The van der Waals surface area contributed by atoms with Gasteiger partial charge in [0.25, 0.3) is 0 Å². The number of nitrogens with zero attached hydrogens (tertiary/aromatic N) is 2. The first-order valence-electron chi connectivity index (χ1n) is 5.93. The van der Waals surface area contributed by atoms with Crippen LogP contribution >= 0.6 is 43.5 Å². The Morgan fingerprint density at radius 1 is 1.37 bits per heavy atom. The molecule has 0 unspecified atom stereocenters. The van der Waals surface area contributed by atoms with Crippen molar-refractivity contribution >= 4 is 49.1 Å². The highest BCUT2D eigenvalue weighted by Crippen LogP contribution is 2.27. The van der Waals surface area contributed by atoms with E-state index < -0.39 is 0 Å². The fourth-order valence-corrected chi connectivity index (χ4v) is 3.24. The topological polar surface area (TPSA) is 29.9 Å². The Kier molecular flexibility index (Phi) is 4.92. The molecule has 0 aliphatic carbocycles. The summed E-state index contributed by atoms with van der Waals surface area (Å²) in [7, 11) is 0. The Labute approximate surface area is 134 Å². The van der Waals surface area contributed by atoms with E-state index in [1.54, 1.807) is 0 Å². The number of aromatic nitrogens is 2. The lowest BCUT2D eigenvalue weighted by Crippen LogP contribution is -2.08. The second-order valence-electron chi connectivity index (χ2n) is 4.14. The van der Waals surface area contributed by atoms with E-state index in [-0.39, 0.29) is 0 Å². The Morgan fingerprint density at radius 3 is 2.74 bits per heavy atom. The Morgan fingerprint density at radius 2 is 2.11 bits per heavy atom. The Bertz CT molecular complexity index is 596. The summed E-state index contributed by atoms with van der Waals surface area (Å²) in [6.45, 7) is 5.44. The van der Waals surface area contributed by atoms with E-state index >= 15 is 0 Å². The maximum atomic E-state index is 6.28. The molecule has 3 nitrogen and oxygen atoms in total. The van der Waals surface area contributed by atoms with E-state index in [0.29, 0.717) is 6.54 Å². The molecule has 1 N–H and O–H groups in total. The standard InChI is InChI=1S/C13H14Br2ClN3/c1-3-19-12(13(16)8(2)18-19)7-17-11-5-4-9(14)6-10(11)15/h4-6,17H,3,7H2,1-2H3. The summed E-state index contributed by atoms with van der Waals surface area (Å²) in [6.07, 6.45) is 0. The molecule has 0 spiro atoms. The molecule has 0 fully saturated rings. The summed E-state index contributed by atoms with van der Waals surface area (Å²) in [5, 5.41) is 8.51. The number of halogens is 3. The van der Waals surface area contributed by atoms with Crippen LogP contribution in [0.15, 0.2) is 27.1 Å². The number of aryl methyl sites for hydroxylation is 2. The molecule has 0 bridgehead atoms. The summed E-state index contributed by atoms with van der Waals surface area (Å²) in [4.78, 5) is 0. The van der Waals surface area contributed by atoms with Gasteiger partial charge in [0, 0.05) is 21.2 Å². The summed E-state index contributed by atoms with van der Waals surface area (Å²) in [5.41, 5.74) is 2.91. The van der Waals surface area contributed by atoms with Crippen LogP contribution in [0.4, 0.5) is 5.69 Å². The highest BCUT2D eigenvalue weighted by atomic mass is 79.9. The van der Waals surface area contributed by atoms with Crippen LogP contribution in [-0.2, 0) is 13.1 Å². The second-order valence-corrected chi connectivity index (χ2v) is 6.29. The highest BCUT2D eigenvalue weighted by Gasteiger charge is 2.12. The maximum absolute atomic E-state index is 6.28. The first kappa shape index (κ1) is 14.9. The molecule has 6 heteroatoms. The molecule has 0 amide bonds. The van der Waals surface area contributed by atoms with Crippen molar-refractivity contribution in [3.63, 3.8) is 0 Å². The van der Waals surface area contributed by atoms with E-state index in [1.807, 2.05) is 29.8 Å². The van der Waals surface area contributed by atoms with Gasteiger partial charge in [-0.1, -0.05) is 27.5 Å². The lowest BCUT2D eigenvalue weighted by Gasteiger charge is -2.10. The maximum Gasteiger partial charge on any atom is 0.0865 e. The van der Waals surface area contributed by atoms with Gasteiger partial charge in [-0.2, -0.15) is 5.10 Å². The van der Waals surface area contributed by atoms with Gasteiger partial charge < -0.3 is 5.32 Å². The molecule has 0 radical (unpaired) electrons. The second kappa shape index (κ2) is 6.29. The molecule has 0 atom stereocenters. The largest absolute Gasteiger partial charge is 0.378 e. The zero-order chi connectivity index (χ0) is 14.0. The van der Waals surface area contributed by atoms with Crippen molar-refractivity contribution in [2.75, 3.05) is 5.32 Å². The fraction of sp³-hybridized carbons (Fsp3) is 0.308. The van der Waals surface area contributed by atoms with Gasteiger partial charge in [0.05, 0.1) is 23.0 Å².